The van der Waals surface area contributed by atoms with E-state index in [1.54, 1.807) is 10.6 Å². The molecule has 0 spiro atoms. The molecule has 4 aromatic heterocycles. The fourth-order valence-electron chi connectivity index (χ4n) is 5.20. The van der Waals surface area contributed by atoms with Crippen molar-refractivity contribution in [3.8, 4) is 11.4 Å². The maximum absolute atomic E-state index is 13.7. The Balaban J connectivity index is 1.28. The summed E-state index contributed by atoms with van der Waals surface area (Å²) in [6.07, 6.45) is 4.94. The average Bonchev–Trinajstić information content (AvgIpc) is 3.57. The number of halogens is 2. The first kappa shape index (κ1) is 21.5. The Morgan fingerprint density at radius 1 is 1.14 bits per heavy atom. The fourth-order valence-corrected chi connectivity index (χ4v) is 5.20. The van der Waals surface area contributed by atoms with Crippen LogP contribution in [0, 0.1) is 11.8 Å². The van der Waals surface area contributed by atoms with Gasteiger partial charge in [-0.25, -0.2) is 23.3 Å². The summed E-state index contributed by atoms with van der Waals surface area (Å²) in [5.41, 5.74) is 1.79. The van der Waals surface area contributed by atoms with E-state index in [9.17, 15) is 13.6 Å². The quantitative estimate of drug-likeness (QED) is 0.453. The Labute approximate surface area is 204 Å². The summed E-state index contributed by atoms with van der Waals surface area (Å²) in [5.74, 6) is 1.09. The first-order valence-electron chi connectivity index (χ1n) is 12.1. The van der Waals surface area contributed by atoms with E-state index in [1.165, 1.54) is 12.4 Å². The van der Waals surface area contributed by atoms with Crippen LogP contribution in [0.4, 0.5) is 20.3 Å². The third kappa shape index (κ3) is 3.74. The molecule has 6 heterocycles. The predicted octanol–water partition coefficient (Wildman–Crippen LogP) is 3.85. The highest BCUT2D eigenvalue weighted by molar-refractivity contribution is 6.00. The maximum atomic E-state index is 13.7. The molecule has 0 unspecified atom stereocenters. The molecule has 2 aliphatic heterocycles. The molecule has 1 saturated carbocycles. The highest BCUT2D eigenvalue weighted by Gasteiger charge is 2.34. The number of fused-ring (bicyclic) bond motifs is 4. The van der Waals surface area contributed by atoms with Crippen LogP contribution in [0.1, 0.15) is 31.4 Å². The number of hydrogen-bond acceptors (Lipinski definition) is 7. The van der Waals surface area contributed by atoms with E-state index in [0.29, 0.717) is 34.2 Å². The van der Waals surface area contributed by atoms with Crippen LogP contribution in [0.25, 0.3) is 27.8 Å². The van der Waals surface area contributed by atoms with Gasteiger partial charge in [-0.05, 0) is 37.5 Å². The van der Waals surface area contributed by atoms with Gasteiger partial charge < -0.3 is 15.0 Å². The van der Waals surface area contributed by atoms with E-state index in [1.807, 2.05) is 18.3 Å². The first-order valence-corrected chi connectivity index (χ1v) is 12.1. The smallest absolute Gasteiger partial charge is 0.281 e. The minimum atomic E-state index is -2.77. The molecular formula is C25H23F2N7O2. The molecular weight excluding hydrogens is 468 g/mol. The zero-order chi connectivity index (χ0) is 24.4. The van der Waals surface area contributed by atoms with Crippen LogP contribution < -0.4 is 10.2 Å². The molecule has 2 bridgehead atoms. The van der Waals surface area contributed by atoms with Gasteiger partial charge in [-0.2, -0.15) is 0 Å². The SMILES string of the molecule is O=C(Nc1cc2c(-c3nc4ccc(N5C[C@H]6CO[C@H](C6)C5)cn4n3)cnc(C(F)F)c2cn1)C1CC1. The monoisotopic (exact) mass is 491 g/mol. The predicted molar refractivity (Wildman–Crippen MR) is 128 cm³/mol. The number of aromatic nitrogens is 5. The lowest BCUT2D eigenvalue weighted by Gasteiger charge is -2.31. The fraction of sp³-hybridized carbons (Fsp3) is 0.400. The number of carbonyl (C=O) groups excluding carboxylic acids is 1. The summed E-state index contributed by atoms with van der Waals surface area (Å²) in [5, 5.41) is 8.11. The molecule has 3 fully saturated rings. The van der Waals surface area contributed by atoms with E-state index < -0.39 is 6.43 Å². The molecule has 2 atom stereocenters. The number of anilines is 2. The Morgan fingerprint density at radius 3 is 2.83 bits per heavy atom. The molecule has 4 aromatic rings. The summed E-state index contributed by atoms with van der Waals surface area (Å²) in [7, 11) is 0. The highest BCUT2D eigenvalue weighted by atomic mass is 19.3. The van der Waals surface area contributed by atoms with Gasteiger partial charge in [-0.1, -0.05) is 0 Å². The number of nitrogens with one attached hydrogen (secondary N) is 1. The van der Waals surface area contributed by atoms with Gasteiger partial charge in [0.2, 0.25) is 5.91 Å². The van der Waals surface area contributed by atoms with Crippen molar-refractivity contribution < 1.29 is 18.3 Å². The number of piperidine rings is 1. The number of pyridine rings is 3. The molecule has 0 aromatic carbocycles. The van der Waals surface area contributed by atoms with Crippen LogP contribution in [-0.2, 0) is 9.53 Å². The Morgan fingerprint density at radius 2 is 2.03 bits per heavy atom. The third-order valence-electron chi connectivity index (χ3n) is 7.20. The number of amides is 1. The number of alkyl halides is 2. The van der Waals surface area contributed by atoms with Crippen LogP contribution in [0.5, 0.6) is 0 Å². The van der Waals surface area contributed by atoms with Crippen LogP contribution >= 0.6 is 0 Å². The number of rotatable bonds is 5. The lowest BCUT2D eigenvalue weighted by molar-refractivity contribution is -0.117. The van der Waals surface area contributed by atoms with Gasteiger partial charge in [0.1, 0.15) is 11.5 Å². The van der Waals surface area contributed by atoms with Crippen molar-refractivity contribution in [3.63, 3.8) is 0 Å². The molecule has 1 N–H and O–H groups in total. The second-order valence-corrected chi connectivity index (χ2v) is 9.82. The van der Waals surface area contributed by atoms with Crippen LogP contribution in [0.15, 0.2) is 36.8 Å². The zero-order valence-electron chi connectivity index (χ0n) is 19.3. The Hall–Kier alpha value is -3.73. The van der Waals surface area contributed by atoms with Crippen molar-refractivity contribution in [1.29, 1.82) is 0 Å². The van der Waals surface area contributed by atoms with Gasteiger partial charge >= 0.3 is 0 Å². The highest BCUT2D eigenvalue weighted by Crippen LogP contribution is 2.35. The van der Waals surface area contributed by atoms with E-state index in [0.717, 1.165) is 44.6 Å². The van der Waals surface area contributed by atoms with E-state index in [4.69, 9.17) is 4.74 Å². The van der Waals surface area contributed by atoms with Crippen molar-refractivity contribution in [2.45, 2.75) is 31.8 Å². The second-order valence-electron chi connectivity index (χ2n) is 9.82. The number of hydrogen-bond donors (Lipinski definition) is 1. The minimum absolute atomic E-state index is 0.00741. The number of ether oxygens (including phenoxy) is 1. The van der Waals surface area contributed by atoms with Crippen molar-refractivity contribution in [3.05, 3.63) is 42.5 Å². The largest absolute Gasteiger partial charge is 0.376 e. The standard InChI is InChI=1S/C25H23F2N7O2/c26-23(27)22-18-7-28-20(30-25(35)14-1-2-14)6-17(18)19(8-29-22)24-31-21-4-3-15(10-34(21)32-24)33-9-13-5-16(11-33)36-12-13/h3-4,6-8,10,13-14,16,23H,1-2,5,9,11-12H2,(H,28,30,35)/t13-,16+/m0/s1. The van der Waals surface area contributed by atoms with E-state index in [2.05, 4.69) is 30.3 Å². The first-order chi connectivity index (χ1) is 17.5. The van der Waals surface area contributed by atoms with Crippen molar-refractivity contribution in [2.24, 2.45) is 11.8 Å². The lowest BCUT2D eigenvalue weighted by atomic mass is 10.00. The molecule has 9 nitrogen and oxygen atoms in total. The molecule has 2 saturated heterocycles. The number of carbonyl (C=O) groups is 1. The van der Waals surface area contributed by atoms with Crippen molar-refractivity contribution in [1.82, 2.24) is 24.6 Å². The summed E-state index contributed by atoms with van der Waals surface area (Å²) in [6.45, 7) is 2.59. The van der Waals surface area contributed by atoms with Crippen LogP contribution in [0.3, 0.4) is 0 Å². The van der Waals surface area contributed by atoms with Crippen molar-refractivity contribution in [2.75, 3.05) is 29.9 Å². The van der Waals surface area contributed by atoms with Crippen LogP contribution in [0.2, 0.25) is 0 Å². The average molecular weight is 492 g/mol. The molecule has 1 aliphatic carbocycles. The van der Waals surface area contributed by atoms with Gasteiger partial charge in [0, 0.05) is 53.7 Å². The van der Waals surface area contributed by atoms with E-state index >= 15 is 0 Å². The number of nitrogens with zero attached hydrogens (tertiary/aromatic N) is 6. The molecule has 7 rings (SSSR count). The molecule has 3 aliphatic rings. The summed E-state index contributed by atoms with van der Waals surface area (Å²) < 4.78 is 34.9. The maximum Gasteiger partial charge on any atom is 0.281 e. The third-order valence-corrected chi connectivity index (χ3v) is 7.20. The molecule has 1 amide bonds. The molecule has 11 heteroatoms. The second kappa shape index (κ2) is 8.16. The van der Waals surface area contributed by atoms with Gasteiger partial charge in [0.05, 0.1) is 24.6 Å². The summed E-state index contributed by atoms with van der Waals surface area (Å²) >= 11 is 0. The molecule has 0 radical (unpaired) electrons. The minimum Gasteiger partial charge on any atom is -0.376 e. The van der Waals surface area contributed by atoms with Gasteiger partial charge in [0.25, 0.3) is 6.43 Å². The summed E-state index contributed by atoms with van der Waals surface area (Å²) in [4.78, 5) is 27.4. The van der Waals surface area contributed by atoms with Crippen LogP contribution in [-0.4, -0.2) is 56.3 Å². The molecule has 184 valence electrons. The lowest BCUT2D eigenvalue weighted by Crippen LogP contribution is -2.39. The van der Waals surface area contributed by atoms with E-state index in [-0.39, 0.29) is 29.0 Å². The van der Waals surface area contributed by atoms with Crippen molar-refractivity contribution >= 4 is 33.8 Å². The summed E-state index contributed by atoms with van der Waals surface area (Å²) in [6, 6.07) is 5.51. The van der Waals surface area contributed by atoms with Gasteiger partial charge in [0.15, 0.2) is 11.5 Å². The normalized spacial score (nSPS) is 21.6. The van der Waals surface area contributed by atoms with Gasteiger partial charge in [-0.3, -0.25) is 9.78 Å². The zero-order valence-corrected chi connectivity index (χ0v) is 19.3. The topological polar surface area (TPSA) is 97.5 Å². The Kier molecular flexibility index (Phi) is 4.88. The Bertz CT molecular complexity index is 1490. The molecule has 36 heavy (non-hydrogen) atoms. The van der Waals surface area contributed by atoms with Gasteiger partial charge in [-0.15, -0.1) is 5.10 Å².